The molecule has 0 spiro atoms. The fourth-order valence-electron chi connectivity index (χ4n) is 10.2. The van der Waals surface area contributed by atoms with Crippen molar-refractivity contribution in [1.82, 2.24) is 0 Å². The number of carbonyl (C=O) groups is 2. The number of halogens is 7. The number of hydrogen-bond donors (Lipinski definition) is 0. The van der Waals surface area contributed by atoms with Crippen molar-refractivity contribution in [3.05, 3.63) is 0 Å². The van der Waals surface area contributed by atoms with Crippen molar-refractivity contribution in [2.45, 2.75) is 126 Å². The molecule has 8 aliphatic carbocycles. The maximum Gasteiger partial charge on any atom is 0.431 e. The summed E-state index contributed by atoms with van der Waals surface area (Å²) in [6.45, 7) is 0. The van der Waals surface area contributed by atoms with E-state index in [0.29, 0.717) is 74.0 Å². The largest absolute Gasteiger partial charge is 0.459 e. The van der Waals surface area contributed by atoms with Crippen LogP contribution in [0.1, 0.15) is 96.3 Å². The van der Waals surface area contributed by atoms with E-state index < -0.39 is 66.3 Å². The van der Waals surface area contributed by atoms with Crippen LogP contribution in [-0.2, 0) is 19.1 Å². The summed E-state index contributed by atoms with van der Waals surface area (Å²) in [5.41, 5.74) is -7.18. The molecule has 11 heteroatoms. The van der Waals surface area contributed by atoms with Gasteiger partial charge in [-0.3, -0.25) is 9.59 Å². The molecule has 226 valence electrons. The minimum atomic E-state index is -6.29. The monoisotopic (exact) mass is 582 g/mol. The van der Waals surface area contributed by atoms with Crippen molar-refractivity contribution >= 4 is 11.9 Å². The first-order valence-corrected chi connectivity index (χ1v) is 14.8. The van der Waals surface area contributed by atoms with E-state index in [4.69, 9.17) is 9.47 Å². The van der Waals surface area contributed by atoms with E-state index in [1.807, 2.05) is 0 Å². The molecule has 8 saturated carbocycles. The molecule has 0 aromatic carbocycles. The minimum Gasteiger partial charge on any atom is -0.459 e. The zero-order valence-electron chi connectivity index (χ0n) is 22.4. The van der Waals surface area contributed by atoms with Crippen LogP contribution in [0.4, 0.5) is 30.7 Å². The Morgan fingerprint density at radius 2 is 0.975 bits per heavy atom. The van der Waals surface area contributed by atoms with E-state index in [9.17, 15) is 40.3 Å². The van der Waals surface area contributed by atoms with Crippen LogP contribution < -0.4 is 0 Å². The van der Waals surface area contributed by atoms with Crippen LogP contribution in [0.25, 0.3) is 0 Å². The van der Waals surface area contributed by atoms with E-state index in [0.717, 1.165) is 38.5 Å². The maximum atomic E-state index is 14.9. The summed E-state index contributed by atoms with van der Waals surface area (Å²) in [6, 6.07) is 0. The predicted molar refractivity (Wildman–Crippen MR) is 127 cm³/mol. The van der Waals surface area contributed by atoms with Crippen molar-refractivity contribution in [3.63, 3.8) is 0 Å². The smallest absolute Gasteiger partial charge is 0.431 e. The lowest BCUT2D eigenvalue weighted by Crippen LogP contribution is -2.56. The maximum absolute atomic E-state index is 14.9. The summed E-state index contributed by atoms with van der Waals surface area (Å²) < 4.78 is 107. The van der Waals surface area contributed by atoms with Crippen molar-refractivity contribution in [1.29, 1.82) is 0 Å². The zero-order valence-corrected chi connectivity index (χ0v) is 22.4. The lowest BCUT2D eigenvalue weighted by atomic mass is 9.54. The van der Waals surface area contributed by atoms with Gasteiger partial charge in [-0.2, -0.15) is 26.3 Å². The van der Waals surface area contributed by atoms with Gasteiger partial charge in [0.2, 0.25) is 0 Å². The second-order valence-corrected chi connectivity index (χ2v) is 14.3. The molecule has 8 rings (SSSR count). The zero-order chi connectivity index (χ0) is 28.7. The van der Waals surface area contributed by atoms with Gasteiger partial charge in [-0.05, 0) is 119 Å². The Balaban J connectivity index is 1.17. The van der Waals surface area contributed by atoms with Gasteiger partial charge < -0.3 is 9.47 Å². The van der Waals surface area contributed by atoms with Crippen molar-refractivity contribution in [2.24, 2.45) is 41.4 Å². The van der Waals surface area contributed by atoms with Crippen LogP contribution in [-0.4, -0.2) is 41.2 Å². The number of rotatable bonds is 8. The number of esters is 2. The third-order valence-corrected chi connectivity index (χ3v) is 11.1. The fraction of sp³-hybridized carbons (Fsp3) is 0.931. The van der Waals surface area contributed by atoms with Crippen molar-refractivity contribution < 1.29 is 49.8 Å². The molecule has 8 bridgehead atoms. The molecule has 40 heavy (non-hydrogen) atoms. The van der Waals surface area contributed by atoms with Gasteiger partial charge >= 0.3 is 24.3 Å². The molecule has 0 aromatic heterocycles. The number of alkyl halides is 7. The average molecular weight is 583 g/mol. The molecule has 8 aliphatic rings. The number of hydrogen-bond acceptors (Lipinski definition) is 4. The van der Waals surface area contributed by atoms with Gasteiger partial charge in [-0.1, -0.05) is 0 Å². The van der Waals surface area contributed by atoms with E-state index in [-0.39, 0.29) is 0 Å². The molecular weight excluding hydrogens is 545 g/mol. The molecule has 0 N–H and O–H groups in total. The average Bonchev–Trinajstić information content (AvgIpc) is 2.77. The molecule has 4 nitrogen and oxygen atoms in total. The van der Waals surface area contributed by atoms with E-state index >= 15 is 0 Å². The Kier molecular flexibility index (Phi) is 6.77. The Morgan fingerprint density at radius 3 is 1.32 bits per heavy atom. The van der Waals surface area contributed by atoms with Gasteiger partial charge in [0, 0.05) is 12.8 Å². The van der Waals surface area contributed by atoms with Crippen molar-refractivity contribution in [3.8, 4) is 0 Å². The van der Waals surface area contributed by atoms with E-state index in [1.54, 1.807) is 0 Å². The molecule has 1 atom stereocenters. The van der Waals surface area contributed by atoms with Crippen molar-refractivity contribution in [2.75, 3.05) is 0 Å². The summed E-state index contributed by atoms with van der Waals surface area (Å²) in [5.74, 6) is -1.87. The van der Waals surface area contributed by atoms with Crippen LogP contribution >= 0.6 is 0 Å². The van der Waals surface area contributed by atoms with Gasteiger partial charge in [0.1, 0.15) is 11.2 Å². The summed E-state index contributed by atoms with van der Waals surface area (Å²) in [7, 11) is 0. The molecule has 0 aliphatic heterocycles. The molecule has 0 heterocycles. The highest BCUT2D eigenvalue weighted by molar-refractivity contribution is 5.75. The third kappa shape index (κ3) is 5.13. The highest BCUT2D eigenvalue weighted by Crippen LogP contribution is 2.59. The number of ether oxygens (including phenoxy) is 2. The van der Waals surface area contributed by atoms with Crippen LogP contribution in [0.15, 0.2) is 0 Å². The SMILES string of the molecule is O=C(CCC(CC(F)(C(F)(F)F)C(F)(F)F)C(=O)OC12CC3CC(CC(C3)C1)C2)OC12CC3CC(CC(C3)C1)C2. The van der Waals surface area contributed by atoms with Crippen LogP contribution in [0.3, 0.4) is 0 Å². The second kappa shape index (κ2) is 9.48. The van der Waals surface area contributed by atoms with Gasteiger partial charge in [-0.15, -0.1) is 0 Å². The lowest BCUT2D eigenvalue weighted by molar-refractivity contribution is -0.345. The first-order chi connectivity index (χ1) is 18.6. The van der Waals surface area contributed by atoms with Gasteiger partial charge in [0.05, 0.1) is 5.92 Å². The quantitative estimate of drug-likeness (QED) is 0.218. The normalized spacial score (nSPS) is 40.8. The summed E-state index contributed by atoms with van der Waals surface area (Å²) in [5, 5.41) is 0. The first kappa shape index (κ1) is 28.6. The standard InChI is InChI=1S/C29H37F7O4/c30-27(28(31,32)33,29(34,35)36)15-22(24(38)40-26-12-19-6-20(13-26)8-21(7-19)14-26)1-2-23(37)39-25-9-16-3-17(10-25)5-18(4-16)11-25/h16-22H,1-15H2. The minimum absolute atomic E-state index is 0.304. The van der Waals surface area contributed by atoms with Crippen LogP contribution in [0, 0.1) is 41.4 Å². The molecular formula is C29H37F7O4. The Bertz CT molecular complexity index is 934. The van der Waals surface area contributed by atoms with Crippen LogP contribution in [0.5, 0.6) is 0 Å². The highest BCUT2D eigenvalue weighted by Gasteiger charge is 2.73. The Morgan fingerprint density at radius 1 is 0.625 bits per heavy atom. The molecule has 0 radical (unpaired) electrons. The Labute approximate surface area is 229 Å². The highest BCUT2D eigenvalue weighted by atomic mass is 19.4. The third-order valence-electron chi connectivity index (χ3n) is 11.1. The lowest BCUT2D eigenvalue weighted by Gasteiger charge is -2.56. The molecule has 1 unspecified atom stereocenters. The van der Waals surface area contributed by atoms with Gasteiger partial charge in [-0.25, -0.2) is 4.39 Å². The Hall–Kier alpha value is -1.55. The van der Waals surface area contributed by atoms with Gasteiger partial charge in [0.25, 0.3) is 5.67 Å². The first-order valence-electron chi connectivity index (χ1n) is 14.8. The van der Waals surface area contributed by atoms with Gasteiger partial charge in [0.15, 0.2) is 0 Å². The number of carbonyl (C=O) groups excluding carboxylic acids is 2. The summed E-state index contributed by atoms with van der Waals surface area (Å²) >= 11 is 0. The predicted octanol–water partition coefficient (Wildman–Crippen LogP) is 7.63. The topological polar surface area (TPSA) is 52.6 Å². The van der Waals surface area contributed by atoms with E-state index in [1.165, 1.54) is 0 Å². The summed E-state index contributed by atoms with van der Waals surface area (Å²) in [6.07, 6.45) is -6.15. The van der Waals surface area contributed by atoms with Crippen LogP contribution in [0.2, 0.25) is 0 Å². The molecule has 8 fully saturated rings. The van der Waals surface area contributed by atoms with E-state index in [2.05, 4.69) is 0 Å². The molecule has 0 saturated heterocycles. The molecule has 0 aromatic rings. The molecule has 0 amide bonds. The second-order valence-electron chi connectivity index (χ2n) is 14.3. The fourth-order valence-corrected chi connectivity index (χ4v) is 10.2. The summed E-state index contributed by atoms with van der Waals surface area (Å²) in [4.78, 5) is 26.2.